The first-order chi connectivity index (χ1) is 7.07. The molecule has 0 spiro atoms. The SMILES string of the molecule is CP1(=O)OCC[C@H](C2=CCCC(Cl)=C2)O1. The molecule has 15 heavy (non-hydrogen) atoms. The average Bonchev–Trinajstić information content (AvgIpc) is 2.16. The summed E-state index contributed by atoms with van der Waals surface area (Å²) in [4.78, 5) is 0. The fourth-order valence-corrected chi connectivity index (χ4v) is 3.20. The molecule has 0 bridgehead atoms. The number of halogens is 1. The molecule has 5 heteroatoms. The zero-order chi connectivity index (χ0) is 10.9. The average molecular weight is 249 g/mol. The van der Waals surface area contributed by atoms with Gasteiger partial charge in [-0.2, -0.15) is 0 Å². The van der Waals surface area contributed by atoms with Crippen molar-refractivity contribution in [3.05, 3.63) is 22.8 Å². The Hall–Kier alpha value is -0.0800. The van der Waals surface area contributed by atoms with Crippen LogP contribution in [0.15, 0.2) is 22.8 Å². The van der Waals surface area contributed by atoms with Gasteiger partial charge in [-0.3, -0.25) is 4.57 Å². The molecule has 0 amide bonds. The van der Waals surface area contributed by atoms with Gasteiger partial charge in [0.05, 0.1) is 12.7 Å². The van der Waals surface area contributed by atoms with Crippen molar-refractivity contribution in [2.24, 2.45) is 0 Å². The summed E-state index contributed by atoms with van der Waals surface area (Å²) in [5.74, 6) is 0. The maximum Gasteiger partial charge on any atom is 0.328 e. The van der Waals surface area contributed by atoms with Gasteiger partial charge < -0.3 is 9.05 Å². The van der Waals surface area contributed by atoms with Gasteiger partial charge in [-0.25, -0.2) is 0 Å². The third-order valence-electron chi connectivity index (χ3n) is 2.48. The summed E-state index contributed by atoms with van der Waals surface area (Å²) in [7, 11) is -2.84. The lowest BCUT2D eigenvalue weighted by Crippen LogP contribution is -2.22. The van der Waals surface area contributed by atoms with Crippen molar-refractivity contribution >= 4 is 19.2 Å². The van der Waals surface area contributed by atoms with Crippen molar-refractivity contribution < 1.29 is 13.6 Å². The molecular weight excluding hydrogens is 235 g/mol. The van der Waals surface area contributed by atoms with E-state index in [1.165, 1.54) is 6.66 Å². The van der Waals surface area contributed by atoms with Crippen LogP contribution >= 0.6 is 19.2 Å². The molecule has 0 radical (unpaired) electrons. The highest BCUT2D eigenvalue weighted by atomic mass is 35.5. The summed E-state index contributed by atoms with van der Waals surface area (Å²) in [5.41, 5.74) is 1.04. The molecule has 0 aromatic carbocycles. The topological polar surface area (TPSA) is 35.5 Å². The summed E-state index contributed by atoms with van der Waals surface area (Å²) < 4.78 is 22.1. The predicted molar refractivity (Wildman–Crippen MR) is 60.2 cm³/mol. The molecule has 1 aliphatic carbocycles. The number of rotatable bonds is 1. The van der Waals surface area contributed by atoms with Gasteiger partial charge in [-0.05, 0) is 24.5 Å². The molecule has 1 unspecified atom stereocenters. The fraction of sp³-hybridized carbons (Fsp3) is 0.600. The lowest BCUT2D eigenvalue weighted by Gasteiger charge is -2.29. The normalized spacial score (nSPS) is 37.1. The van der Waals surface area contributed by atoms with Crippen LogP contribution in [0.1, 0.15) is 19.3 Å². The van der Waals surface area contributed by atoms with Crippen LogP contribution in [-0.4, -0.2) is 19.4 Å². The molecule has 0 aromatic rings. The molecule has 1 saturated heterocycles. The monoisotopic (exact) mass is 248 g/mol. The van der Waals surface area contributed by atoms with E-state index in [0.717, 1.165) is 29.9 Å². The van der Waals surface area contributed by atoms with Gasteiger partial charge in [-0.1, -0.05) is 17.7 Å². The van der Waals surface area contributed by atoms with Crippen LogP contribution in [-0.2, 0) is 13.6 Å². The largest absolute Gasteiger partial charge is 0.328 e. The van der Waals surface area contributed by atoms with E-state index in [1.807, 2.05) is 6.08 Å². The highest BCUT2D eigenvalue weighted by molar-refractivity contribution is 7.53. The van der Waals surface area contributed by atoms with Gasteiger partial charge in [0.2, 0.25) is 0 Å². The Bertz CT molecular complexity index is 362. The third-order valence-corrected chi connectivity index (χ3v) is 4.07. The summed E-state index contributed by atoms with van der Waals surface area (Å²) in [6.45, 7) is 2.00. The second kappa shape index (κ2) is 4.42. The molecule has 2 aliphatic rings. The molecule has 3 nitrogen and oxygen atoms in total. The van der Waals surface area contributed by atoms with Gasteiger partial charge in [0.25, 0.3) is 0 Å². The van der Waals surface area contributed by atoms with E-state index in [-0.39, 0.29) is 6.10 Å². The standard InChI is InChI=1S/C10H14ClO3P/c1-15(12)13-6-5-10(14-15)8-3-2-4-9(11)7-8/h3,7,10H,2,4-6H2,1H3/t10-,15?/m1/s1. The van der Waals surface area contributed by atoms with Crippen LogP contribution in [0, 0.1) is 0 Å². The minimum Gasteiger partial charge on any atom is -0.309 e. The molecule has 0 N–H and O–H groups in total. The second-order valence-corrected chi connectivity index (χ2v) is 6.32. The van der Waals surface area contributed by atoms with Crippen LogP contribution in [0.25, 0.3) is 0 Å². The number of hydrogen-bond acceptors (Lipinski definition) is 3. The minimum atomic E-state index is -2.84. The van der Waals surface area contributed by atoms with Gasteiger partial charge in [0.15, 0.2) is 0 Å². The first kappa shape index (κ1) is 11.4. The van der Waals surface area contributed by atoms with Crippen LogP contribution in [0.2, 0.25) is 0 Å². The summed E-state index contributed by atoms with van der Waals surface area (Å²) in [5, 5.41) is 0.841. The molecule has 84 valence electrons. The molecule has 1 heterocycles. The summed E-state index contributed by atoms with van der Waals surface area (Å²) in [6.07, 6.45) is 6.45. The highest BCUT2D eigenvalue weighted by Crippen LogP contribution is 2.50. The van der Waals surface area contributed by atoms with Gasteiger partial charge in [0, 0.05) is 18.1 Å². The Balaban J connectivity index is 2.11. The van der Waals surface area contributed by atoms with Crippen molar-refractivity contribution in [3.8, 4) is 0 Å². The first-order valence-electron chi connectivity index (χ1n) is 5.03. The zero-order valence-electron chi connectivity index (χ0n) is 8.61. The zero-order valence-corrected chi connectivity index (χ0v) is 10.3. The molecule has 2 rings (SSSR count). The molecular formula is C10H14ClO3P. The Morgan fingerprint density at radius 1 is 1.60 bits per heavy atom. The molecule has 0 aromatic heterocycles. The number of allylic oxidation sites excluding steroid dienone is 2. The lowest BCUT2D eigenvalue weighted by molar-refractivity contribution is 0.106. The van der Waals surface area contributed by atoms with E-state index in [9.17, 15) is 4.57 Å². The van der Waals surface area contributed by atoms with Crippen molar-refractivity contribution in [1.29, 1.82) is 0 Å². The van der Waals surface area contributed by atoms with Crippen molar-refractivity contribution in [2.45, 2.75) is 25.4 Å². The highest BCUT2D eigenvalue weighted by Gasteiger charge is 2.30. The van der Waals surface area contributed by atoms with Crippen molar-refractivity contribution in [3.63, 3.8) is 0 Å². The van der Waals surface area contributed by atoms with E-state index in [0.29, 0.717) is 6.61 Å². The first-order valence-corrected chi connectivity index (χ1v) is 7.40. The molecule has 1 fully saturated rings. The quantitative estimate of drug-likeness (QED) is 0.667. The van der Waals surface area contributed by atoms with Crippen LogP contribution < -0.4 is 0 Å². The molecule has 1 aliphatic heterocycles. The van der Waals surface area contributed by atoms with E-state index < -0.39 is 7.60 Å². The maximum atomic E-state index is 11.6. The Labute approximate surface area is 94.6 Å². The second-order valence-electron chi connectivity index (χ2n) is 3.82. The predicted octanol–water partition coefficient (Wildman–Crippen LogP) is 3.46. The lowest BCUT2D eigenvalue weighted by atomic mass is 10.0. The van der Waals surface area contributed by atoms with Gasteiger partial charge in [-0.15, -0.1) is 0 Å². The summed E-state index contributed by atoms with van der Waals surface area (Å²) >= 11 is 5.97. The third kappa shape index (κ3) is 2.94. The van der Waals surface area contributed by atoms with Crippen molar-refractivity contribution in [1.82, 2.24) is 0 Å². The van der Waals surface area contributed by atoms with Crippen molar-refractivity contribution in [2.75, 3.05) is 13.3 Å². The van der Waals surface area contributed by atoms with Gasteiger partial charge >= 0.3 is 7.60 Å². The Morgan fingerprint density at radius 3 is 3.07 bits per heavy atom. The maximum absolute atomic E-state index is 11.6. The smallest absolute Gasteiger partial charge is 0.309 e. The molecule has 0 saturated carbocycles. The van der Waals surface area contributed by atoms with E-state index in [4.69, 9.17) is 20.6 Å². The molecule has 2 atom stereocenters. The van der Waals surface area contributed by atoms with Gasteiger partial charge in [0.1, 0.15) is 0 Å². The number of hydrogen-bond donors (Lipinski definition) is 0. The van der Waals surface area contributed by atoms with E-state index >= 15 is 0 Å². The summed E-state index contributed by atoms with van der Waals surface area (Å²) in [6, 6.07) is 0. The van der Waals surface area contributed by atoms with Crippen LogP contribution in [0.3, 0.4) is 0 Å². The van der Waals surface area contributed by atoms with E-state index in [1.54, 1.807) is 0 Å². The Kier molecular flexibility index (Phi) is 3.36. The Morgan fingerprint density at radius 2 is 2.40 bits per heavy atom. The van der Waals surface area contributed by atoms with Crippen LogP contribution in [0.5, 0.6) is 0 Å². The minimum absolute atomic E-state index is 0.122. The fourth-order valence-electron chi connectivity index (χ4n) is 1.78. The van der Waals surface area contributed by atoms with E-state index in [2.05, 4.69) is 6.08 Å². The van der Waals surface area contributed by atoms with Crippen LogP contribution in [0.4, 0.5) is 0 Å².